The third kappa shape index (κ3) is 4.36. The van der Waals surface area contributed by atoms with E-state index >= 15 is 0 Å². The zero-order chi connectivity index (χ0) is 18.0. The van der Waals surface area contributed by atoms with E-state index in [1.807, 2.05) is 31.4 Å². The molecule has 25 heavy (non-hydrogen) atoms. The van der Waals surface area contributed by atoms with Gasteiger partial charge in [-0.15, -0.1) is 0 Å². The van der Waals surface area contributed by atoms with E-state index in [2.05, 4.69) is 23.9 Å². The van der Waals surface area contributed by atoms with Crippen LogP contribution in [-0.2, 0) is 16.0 Å². The van der Waals surface area contributed by atoms with E-state index < -0.39 is 0 Å². The summed E-state index contributed by atoms with van der Waals surface area (Å²) in [4.78, 5) is 17.0. The second-order valence-electron chi connectivity index (χ2n) is 7.72. The van der Waals surface area contributed by atoms with Crippen LogP contribution in [0.1, 0.15) is 24.8 Å². The van der Waals surface area contributed by atoms with Gasteiger partial charge in [-0.05, 0) is 62.9 Å². The molecule has 0 spiro atoms. The van der Waals surface area contributed by atoms with Crippen molar-refractivity contribution in [1.82, 2.24) is 9.80 Å². The fourth-order valence-corrected chi connectivity index (χ4v) is 4.58. The van der Waals surface area contributed by atoms with E-state index in [4.69, 9.17) is 16.3 Å². The molecule has 4 atom stereocenters. The first-order chi connectivity index (χ1) is 12.0. The Kier molecular flexibility index (Phi) is 6.03. The minimum absolute atomic E-state index is 0.278. The lowest BCUT2D eigenvalue weighted by Crippen LogP contribution is -2.47. The maximum absolute atomic E-state index is 12.7. The largest absolute Gasteiger partial charge is 0.380 e. The summed E-state index contributed by atoms with van der Waals surface area (Å²) >= 11 is 5.92. The van der Waals surface area contributed by atoms with Gasteiger partial charge < -0.3 is 14.5 Å². The highest BCUT2D eigenvalue weighted by Gasteiger charge is 2.43. The van der Waals surface area contributed by atoms with Gasteiger partial charge in [-0.25, -0.2) is 0 Å². The second-order valence-corrected chi connectivity index (χ2v) is 8.16. The molecule has 5 heteroatoms. The van der Waals surface area contributed by atoms with E-state index in [0.29, 0.717) is 24.3 Å². The number of fused-ring (bicyclic) bond motifs is 1. The van der Waals surface area contributed by atoms with Gasteiger partial charge in [0.1, 0.15) is 0 Å². The monoisotopic (exact) mass is 364 g/mol. The number of aryl methyl sites for hydroxylation is 1. The number of nitrogens with zero attached hydrogens (tertiary/aromatic N) is 2. The van der Waals surface area contributed by atoms with Crippen LogP contribution in [0, 0.1) is 11.8 Å². The van der Waals surface area contributed by atoms with Crippen LogP contribution in [0.5, 0.6) is 0 Å². The minimum Gasteiger partial charge on any atom is -0.380 e. The van der Waals surface area contributed by atoms with Crippen molar-refractivity contribution >= 4 is 17.5 Å². The van der Waals surface area contributed by atoms with Gasteiger partial charge in [0.15, 0.2) is 0 Å². The summed E-state index contributed by atoms with van der Waals surface area (Å²) in [7, 11) is 6.06. The number of halogens is 1. The van der Waals surface area contributed by atoms with Crippen LogP contribution < -0.4 is 0 Å². The molecule has 1 saturated carbocycles. The van der Waals surface area contributed by atoms with Crippen molar-refractivity contribution in [3.63, 3.8) is 0 Å². The van der Waals surface area contributed by atoms with Crippen LogP contribution in [0.4, 0.5) is 0 Å². The number of benzene rings is 1. The van der Waals surface area contributed by atoms with Crippen molar-refractivity contribution < 1.29 is 9.53 Å². The Hall–Kier alpha value is -1.10. The maximum atomic E-state index is 12.7. The fraction of sp³-hybridized carbons (Fsp3) is 0.650. The molecule has 1 heterocycles. The Bertz CT molecular complexity index is 590. The molecular formula is C20H29ClN2O2. The van der Waals surface area contributed by atoms with Gasteiger partial charge >= 0.3 is 0 Å². The average Bonchev–Trinajstić information content (AvgIpc) is 3.02. The van der Waals surface area contributed by atoms with Crippen molar-refractivity contribution in [2.24, 2.45) is 11.8 Å². The van der Waals surface area contributed by atoms with Crippen LogP contribution in [0.3, 0.4) is 0 Å². The molecule has 0 N–H and O–H groups in total. The molecule has 2 fully saturated rings. The van der Waals surface area contributed by atoms with Crippen LogP contribution in [-0.4, -0.2) is 62.1 Å². The molecule has 1 aliphatic heterocycles. The van der Waals surface area contributed by atoms with E-state index in [1.165, 1.54) is 5.56 Å². The molecule has 2 aliphatic rings. The summed E-state index contributed by atoms with van der Waals surface area (Å²) in [6, 6.07) is 8.24. The maximum Gasteiger partial charge on any atom is 0.222 e. The molecule has 1 aliphatic carbocycles. The van der Waals surface area contributed by atoms with E-state index in [0.717, 1.165) is 37.4 Å². The van der Waals surface area contributed by atoms with Gasteiger partial charge in [0.05, 0.1) is 6.10 Å². The molecule has 1 amide bonds. The first-order valence-electron chi connectivity index (χ1n) is 9.19. The van der Waals surface area contributed by atoms with Crippen LogP contribution in [0.2, 0.25) is 5.02 Å². The Morgan fingerprint density at radius 2 is 1.84 bits per heavy atom. The molecular weight excluding hydrogens is 336 g/mol. The number of methoxy groups -OCH3 is 1. The molecule has 1 saturated heterocycles. The predicted octanol–water partition coefficient (Wildman–Crippen LogP) is 3.09. The van der Waals surface area contributed by atoms with E-state index in [-0.39, 0.29) is 12.0 Å². The van der Waals surface area contributed by atoms with E-state index in [9.17, 15) is 4.79 Å². The summed E-state index contributed by atoms with van der Waals surface area (Å²) in [5, 5.41) is 0.738. The number of carbonyl (C=O) groups excluding carboxylic acids is 1. The normalized spacial score (nSPS) is 29.1. The van der Waals surface area contributed by atoms with Gasteiger partial charge in [-0.3, -0.25) is 4.79 Å². The highest BCUT2D eigenvalue weighted by Crippen LogP contribution is 2.39. The van der Waals surface area contributed by atoms with Gasteiger partial charge in [0, 0.05) is 37.7 Å². The smallest absolute Gasteiger partial charge is 0.222 e. The Balaban J connectivity index is 1.55. The van der Waals surface area contributed by atoms with Gasteiger partial charge in [0.2, 0.25) is 5.91 Å². The molecule has 4 nitrogen and oxygen atoms in total. The Morgan fingerprint density at radius 3 is 2.44 bits per heavy atom. The summed E-state index contributed by atoms with van der Waals surface area (Å²) < 4.78 is 5.73. The zero-order valence-electron chi connectivity index (χ0n) is 15.5. The van der Waals surface area contributed by atoms with Gasteiger partial charge in [-0.1, -0.05) is 23.7 Å². The lowest BCUT2D eigenvalue weighted by molar-refractivity contribution is -0.130. The van der Waals surface area contributed by atoms with Crippen LogP contribution in [0.25, 0.3) is 0 Å². The lowest BCUT2D eigenvalue weighted by atomic mass is 9.77. The number of carbonyl (C=O) groups is 1. The van der Waals surface area contributed by atoms with Crippen molar-refractivity contribution in [1.29, 1.82) is 0 Å². The first kappa shape index (κ1) is 18.7. The number of rotatable bonds is 5. The standard InChI is InChI=1S/C20H29ClN2O2/c1-22(2)18-10-15-12-23(13-16(15)11-19(18)25-3)20(24)9-6-14-4-7-17(21)8-5-14/h4-5,7-8,15-16,18-19H,6,9-13H2,1-3H3/t15-,16+,18-,19-/m1/s1. The zero-order valence-corrected chi connectivity index (χ0v) is 16.2. The fourth-order valence-electron chi connectivity index (χ4n) is 4.45. The quantitative estimate of drug-likeness (QED) is 0.804. The molecule has 1 aromatic carbocycles. The molecule has 0 aromatic heterocycles. The second kappa shape index (κ2) is 8.07. The average molecular weight is 365 g/mol. The topological polar surface area (TPSA) is 32.8 Å². The Morgan fingerprint density at radius 1 is 1.20 bits per heavy atom. The van der Waals surface area contributed by atoms with Gasteiger partial charge in [-0.2, -0.15) is 0 Å². The molecule has 0 unspecified atom stereocenters. The number of amides is 1. The third-order valence-corrected chi connectivity index (χ3v) is 6.20. The highest BCUT2D eigenvalue weighted by molar-refractivity contribution is 6.30. The van der Waals surface area contributed by atoms with Crippen molar-refractivity contribution in [3.8, 4) is 0 Å². The SMILES string of the molecule is CO[C@@H]1C[C@H]2CN(C(=O)CCc3ccc(Cl)cc3)C[C@H]2C[C@H]1N(C)C. The number of hydrogen-bond acceptors (Lipinski definition) is 3. The van der Waals surface area contributed by atoms with Crippen molar-refractivity contribution in [2.75, 3.05) is 34.3 Å². The summed E-state index contributed by atoms with van der Waals surface area (Å²) in [5.74, 6) is 1.47. The molecule has 0 radical (unpaired) electrons. The number of ether oxygens (including phenoxy) is 1. The summed E-state index contributed by atoms with van der Waals surface area (Å²) in [5.41, 5.74) is 1.17. The van der Waals surface area contributed by atoms with Crippen molar-refractivity contribution in [3.05, 3.63) is 34.9 Å². The van der Waals surface area contributed by atoms with E-state index in [1.54, 1.807) is 0 Å². The molecule has 3 rings (SSSR count). The molecule has 1 aromatic rings. The van der Waals surface area contributed by atoms with Crippen molar-refractivity contribution in [2.45, 2.75) is 37.8 Å². The summed E-state index contributed by atoms with van der Waals surface area (Å²) in [6.45, 7) is 1.80. The highest BCUT2D eigenvalue weighted by atomic mass is 35.5. The minimum atomic E-state index is 0.278. The third-order valence-electron chi connectivity index (χ3n) is 5.94. The van der Waals surface area contributed by atoms with Crippen LogP contribution in [0.15, 0.2) is 24.3 Å². The lowest BCUT2D eigenvalue weighted by Gasteiger charge is -2.40. The molecule has 138 valence electrons. The number of likely N-dealkylation sites (N-methyl/N-ethyl adjacent to an activating group) is 1. The number of hydrogen-bond donors (Lipinski definition) is 0. The Labute approximate surface area is 156 Å². The molecule has 0 bridgehead atoms. The predicted molar refractivity (Wildman–Crippen MR) is 101 cm³/mol. The number of likely N-dealkylation sites (tertiary alicyclic amines) is 1. The van der Waals surface area contributed by atoms with Crippen LogP contribution >= 0.6 is 11.6 Å². The first-order valence-corrected chi connectivity index (χ1v) is 9.57. The summed E-state index contributed by atoms with van der Waals surface area (Å²) in [6.07, 6.45) is 3.82. The van der Waals surface area contributed by atoms with Gasteiger partial charge in [0.25, 0.3) is 0 Å².